The van der Waals surface area contributed by atoms with Crippen molar-refractivity contribution < 1.29 is 9.90 Å². The second-order valence-corrected chi connectivity index (χ2v) is 3.49. The highest BCUT2D eigenvalue weighted by molar-refractivity contribution is 5.87. The maximum absolute atomic E-state index is 11.5. The fourth-order valence-corrected chi connectivity index (χ4v) is 1.37. The van der Waals surface area contributed by atoms with E-state index in [1.807, 2.05) is 4.98 Å². The van der Waals surface area contributed by atoms with E-state index in [-0.39, 0.29) is 11.5 Å². The molecule has 2 N–H and O–H groups in total. The van der Waals surface area contributed by atoms with Crippen LogP contribution in [0.3, 0.4) is 0 Å². The van der Waals surface area contributed by atoms with Crippen LogP contribution >= 0.6 is 0 Å². The van der Waals surface area contributed by atoms with Crippen LogP contribution < -0.4 is 11.2 Å². The monoisotopic (exact) mass is 248 g/mol. The van der Waals surface area contributed by atoms with Crippen molar-refractivity contribution in [3.05, 3.63) is 50.4 Å². The number of carboxylic acids is 1. The molecule has 2 heterocycles. The van der Waals surface area contributed by atoms with Crippen LogP contribution in [0.5, 0.6) is 0 Å². The predicted octanol–water partition coefficient (Wildman–Crippen LogP) is -0.678. The Morgan fingerprint density at radius 1 is 1.39 bits per heavy atom. The van der Waals surface area contributed by atoms with Gasteiger partial charge in [-0.25, -0.2) is 14.6 Å². The van der Waals surface area contributed by atoms with Gasteiger partial charge in [0.15, 0.2) is 11.5 Å². The van der Waals surface area contributed by atoms with E-state index >= 15 is 0 Å². The van der Waals surface area contributed by atoms with Gasteiger partial charge in [0.1, 0.15) is 6.20 Å². The summed E-state index contributed by atoms with van der Waals surface area (Å²) in [7, 11) is 0. The van der Waals surface area contributed by atoms with E-state index in [1.54, 1.807) is 6.92 Å². The zero-order valence-corrected chi connectivity index (χ0v) is 9.25. The number of nitrogens with one attached hydrogen (secondary N) is 1. The maximum atomic E-state index is 11.5. The number of aromatic carboxylic acids is 1. The van der Waals surface area contributed by atoms with Gasteiger partial charge in [-0.1, -0.05) is 6.07 Å². The van der Waals surface area contributed by atoms with E-state index in [0.717, 1.165) is 10.9 Å². The van der Waals surface area contributed by atoms with Gasteiger partial charge in [0.25, 0.3) is 5.56 Å². The lowest BCUT2D eigenvalue weighted by molar-refractivity contribution is 0.0689. The summed E-state index contributed by atoms with van der Waals surface area (Å²) in [5.74, 6) is -1.17. The molecule has 0 atom stereocenters. The molecular formula is C10H8N4O4. The third kappa shape index (κ3) is 2.03. The number of carbonyl (C=O) groups is 1. The summed E-state index contributed by atoms with van der Waals surface area (Å²) in [6.45, 7) is 1.59. The van der Waals surface area contributed by atoms with Gasteiger partial charge in [-0.2, -0.15) is 9.78 Å². The molecule has 92 valence electrons. The zero-order chi connectivity index (χ0) is 13.3. The molecule has 0 spiro atoms. The lowest BCUT2D eigenvalue weighted by Crippen LogP contribution is -2.31. The molecule has 0 radical (unpaired) electrons. The molecule has 0 aromatic carbocycles. The summed E-state index contributed by atoms with van der Waals surface area (Å²) in [5, 5.41) is 12.5. The number of hydrogen-bond acceptors (Lipinski definition) is 5. The minimum absolute atomic E-state index is 0.0271. The van der Waals surface area contributed by atoms with Crippen LogP contribution in [0.15, 0.2) is 27.9 Å². The van der Waals surface area contributed by atoms with Gasteiger partial charge in [0.2, 0.25) is 0 Å². The molecule has 0 fully saturated rings. The number of pyridine rings is 1. The van der Waals surface area contributed by atoms with Crippen LogP contribution in [-0.2, 0) is 0 Å². The summed E-state index contributed by atoms with van der Waals surface area (Å²) in [6, 6.07) is 2.94. The Morgan fingerprint density at radius 2 is 2.11 bits per heavy atom. The molecule has 2 aromatic rings. The van der Waals surface area contributed by atoms with Gasteiger partial charge in [0.05, 0.1) is 0 Å². The van der Waals surface area contributed by atoms with Crippen molar-refractivity contribution in [1.82, 2.24) is 19.7 Å². The van der Waals surface area contributed by atoms with E-state index in [4.69, 9.17) is 5.11 Å². The lowest BCUT2D eigenvalue weighted by Gasteiger charge is -2.04. The standard InChI is InChI=1S/C10H8N4O4/c1-5-2-3-6(12-8(5)9(16)17)14-10(18)13-7(15)4-11-14/h2-4H,1H3,(H,16,17)(H,13,15,18). The molecular weight excluding hydrogens is 240 g/mol. The summed E-state index contributed by atoms with van der Waals surface area (Å²) in [6.07, 6.45) is 0.906. The van der Waals surface area contributed by atoms with E-state index in [0.29, 0.717) is 5.56 Å². The fourth-order valence-electron chi connectivity index (χ4n) is 1.37. The number of hydrogen-bond donors (Lipinski definition) is 2. The summed E-state index contributed by atoms with van der Waals surface area (Å²) in [4.78, 5) is 39.1. The van der Waals surface area contributed by atoms with E-state index in [2.05, 4.69) is 10.1 Å². The maximum Gasteiger partial charge on any atom is 0.354 e. The van der Waals surface area contributed by atoms with Gasteiger partial charge in [0, 0.05) is 0 Å². The highest BCUT2D eigenvalue weighted by atomic mass is 16.4. The van der Waals surface area contributed by atoms with Crippen LogP contribution in [0, 0.1) is 6.92 Å². The van der Waals surface area contributed by atoms with Crippen LogP contribution in [0.2, 0.25) is 0 Å². The smallest absolute Gasteiger partial charge is 0.354 e. The zero-order valence-electron chi connectivity index (χ0n) is 9.25. The highest BCUT2D eigenvalue weighted by Gasteiger charge is 2.12. The van der Waals surface area contributed by atoms with Gasteiger partial charge in [-0.05, 0) is 18.6 Å². The Balaban J connectivity index is 2.65. The molecule has 0 bridgehead atoms. The van der Waals surface area contributed by atoms with Gasteiger partial charge in [-0.3, -0.25) is 9.78 Å². The molecule has 0 aliphatic carbocycles. The summed E-state index contributed by atoms with van der Waals surface area (Å²) in [5.41, 5.74) is -1.13. The SMILES string of the molecule is Cc1ccc(-n2ncc(=O)[nH]c2=O)nc1C(=O)O. The number of aryl methyl sites for hydroxylation is 1. The largest absolute Gasteiger partial charge is 0.477 e. The Bertz CT molecular complexity index is 731. The van der Waals surface area contributed by atoms with Crippen molar-refractivity contribution in [3.8, 4) is 5.82 Å². The minimum Gasteiger partial charge on any atom is -0.477 e. The molecule has 0 saturated carbocycles. The number of H-pyrrole nitrogens is 1. The molecule has 0 saturated heterocycles. The topological polar surface area (TPSA) is 118 Å². The Labute approximate surface area is 99.6 Å². The molecule has 2 rings (SSSR count). The number of carboxylic acid groups (broad SMARTS) is 1. The quantitative estimate of drug-likeness (QED) is 0.727. The molecule has 2 aromatic heterocycles. The summed E-state index contributed by atoms with van der Waals surface area (Å²) >= 11 is 0. The molecule has 0 amide bonds. The van der Waals surface area contributed by atoms with Crippen molar-refractivity contribution in [3.63, 3.8) is 0 Å². The second kappa shape index (κ2) is 4.24. The van der Waals surface area contributed by atoms with E-state index in [9.17, 15) is 14.4 Å². The third-order valence-electron chi connectivity index (χ3n) is 2.21. The predicted molar refractivity (Wildman–Crippen MR) is 59.9 cm³/mol. The minimum atomic E-state index is -1.20. The van der Waals surface area contributed by atoms with Crippen molar-refractivity contribution in [2.45, 2.75) is 6.92 Å². The Kier molecular flexibility index (Phi) is 2.76. The van der Waals surface area contributed by atoms with Crippen LogP contribution in [0.4, 0.5) is 0 Å². The lowest BCUT2D eigenvalue weighted by atomic mass is 10.2. The van der Waals surface area contributed by atoms with E-state index in [1.165, 1.54) is 12.1 Å². The number of nitrogens with zero attached hydrogens (tertiary/aromatic N) is 3. The first-order valence-corrected chi connectivity index (χ1v) is 4.89. The average molecular weight is 248 g/mol. The first-order chi connectivity index (χ1) is 8.49. The van der Waals surface area contributed by atoms with Crippen molar-refractivity contribution in [2.75, 3.05) is 0 Å². The molecule has 0 aliphatic heterocycles. The van der Waals surface area contributed by atoms with Gasteiger partial charge in [-0.15, -0.1) is 0 Å². The molecule has 0 unspecified atom stereocenters. The number of aromatic amines is 1. The number of rotatable bonds is 2. The number of aromatic nitrogens is 4. The molecule has 18 heavy (non-hydrogen) atoms. The molecule has 8 nitrogen and oxygen atoms in total. The third-order valence-corrected chi connectivity index (χ3v) is 2.21. The van der Waals surface area contributed by atoms with Gasteiger partial charge < -0.3 is 5.11 Å². The van der Waals surface area contributed by atoms with Gasteiger partial charge >= 0.3 is 11.7 Å². The normalized spacial score (nSPS) is 10.3. The van der Waals surface area contributed by atoms with Crippen molar-refractivity contribution in [2.24, 2.45) is 0 Å². The summed E-state index contributed by atoms with van der Waals surface area (Å²) < 4.78 is 0.813. The van der Waals surface area contributed by atoms with Crippen molar-refractivity contribution in [1.29, 1.82) is 0 Å². The highest BCUT2D eigenvalue weighted by Crippen LogP contribution is 2.07. The first-order valence-electron chi connectivity index (χ1n) is 4.89. The van der Waals surface area contributed by atoms with Crippen LogP contribution in [0.25, 0.3) is 5.82 Å². The Morgan fingerprint density at radius 3 is 2.72 bits per heavy atom. The van der Waals surface area contributed by atoms with E-state index < -0.39 is 17.2 Å². The van der Waals surface area contributed by atoms with Crippen molar-refractivity contribution >= 4 is 5.97 Å². The van der Waals surface area contributed by atoms with Crippen LogP contribution in [0.1, 0.15) is 16.1 Å². The molecule has 8 heteroatoms. The average Bonchev–Trinajstić information content (AvgIpc) is 2.30. The second-order valence-electron chi connectivity index (χ2n) is 3.49. The first kappa shape index (κ1) is 11.7. The fraction of sp³-hybridized carbons (Fsp3) is 0.100. The molecule has 0 aliphatic rings. The Hall–Kier alpha value is -2.77. The van der Waals surface area contributed by atoms with Crippen LogP contribution in [-0.4, -0.2) is 30.8 Å².